The molecule has 1 saturated carbocycles. The van der Waals surface area contributed by atoms with Gasteiger partial charge in [-0.1, -0.05) is 31.0 Å². The highest BCUT2D eigenvalue weighted by atomic mass is 16.5. The zero-order chi connectivity index (χ0) is 20.0. The Morgan fingerprint density at radius 3 is 2.52 bits per heavy atom. The molecule has 1 aromatic heterocycles. The molecule has 5 nitrogen and oxygen atoms in total. The number of benzene rings is 1. The fraction of sp³-hybridized carbons (Fsp3) is 0.625. The van der Waals surface area contributed by atoms with E-state index in [1.807, 2.05) is 0 Å². The molecule has 1 spiro atoms. The van der Waals surface area contributed by atoms with E-state index in [1.165, 1.54) is 42.4 Å². The van der Waals surface area contributed by atoms with Crippen LogP contribution in [0.4, 0.5) is 0 Å². The summed E-state index contributed by atoms with van der Waals surface area (Å²) in [6, 6.07) is 7.03. The average molecular weight is 396 g/mol. The molecule has 1 saturated heterocycles. The molecule has 5 heteroatoms. The van der Waals surface area contributed by atoms with Gasteiger partial charge >= 0.3 is 0 Å². The van der Waals surface area contributed by atoms with Gasteiger partial charge in [0.25, 0.3) is 0 Å². The highest BCUT2D eigenvalue weighted by Gasteiger charge is 2.44. The largest absolute Gasteiger partial charge is 0.483 e. The van der Waals surface area contributed by atoms with Gasteiger partial charge in [0, 0.05) is 26.1 Å². The highest BCUT2D eigenvalue weighted by molar-refractivity contribution is 5.34. The van der Waals surface area contributed by atoms with Crippen molar-refractivity contribution in [3.63, 3.8) is 0 Å². The Hall–Kier alpha value is -1.85. The van der Waals surface area contributed by atoms with E-state index in [0.29, 0.717) is 12.5 Å². The first-order valence-electron chi connectivity index (χ1n) is 11.3. The number of aryl methyl sites for hydroxylation is 2. The molecule has 0 radical (unpaired) electrons. The van der Waals surface area contributed by atoms with Crippen molar-refractivity contribution in [3.05, 3.63) is 46.8 Å². The third-order valence-corrected chi connectivity index (χ3v) is 7.42. The predicted octanol–water partition coefficient (Wildman–Crippen LogP) is 4.47. The predicted molar refractivity (Wildman–Crippen MR) is 113 cm³/mol. The molecule has 1 unspecified atom stereocenters. The minimum atomic E-state index is -0.508. The number of likely N-dealkylation sites (tertiary alicyclic amines) is 1. The third kappa shape index (κ3) is 3.59. The second kappa shape index (κ2) is 7.44. The van der Waals surface area contributed by atoms with E-state index in [1.54, 1.807) is 0 Å². The average Bonchev–Trinajstić information content (AvgIpc) is 3.36. The Kier molecular flexibility index (Phi) is 4.91. The van der Waals surface area contributed by atoms with Crippen LogP contribution in [-0.4, -0.2) is 38.5 Å². The maximum Gasteiger partial charge on any atom is 0.163 e. The first-order valence-corrected chi connectivity index (χ1v) is 11.3. The Morgan fingerprint density at radius 1 is 1.14 bits per heavy atom. The van der Waals surface area contributed by atoms with E-state index in [-0.39, 0.29) is 5.60 Å². The number of hydrogen-bond acceptors (Lipinski definition) is 4. The smallest absolute Gasteiger partial charge is 0.163 e. The maximum atomic E-state index is 10.8. The normalized spacial score (nSPS) is 24.6. The SMILES string of the molecule is Cc1cccc(C)c1CN1CCC2(CC1)CC(O)c1nn(C3CCCC3)cc1O2. The van der Waals surface area contributed by atoms with E-state index < -0.39 is 6.10 Å². The molecule has 2 aliphatic heterocycles. The number of aliphatic hydroxyl groups is 1. The van der Waals surface area contributed by atoms with Crippen molar-refractivity contribution in [1.82, 2.24) is 14.7 Å². The van der Waals surface area contributed by atoms with Crippen LogP contribution in [0, 0.1) is 13.8 Å². The van der Waals surface area contributed by atoms with Crippen molar-refractivity contribution in [2.24, 2.45) is 0 Å². The molecule has 0 bridgehead atoms. The van der Waals surface area contributed by atoms with Gasteiger partial charge in [-0.2, -0.15) is 5.10 Å². The molecule has 1 aromatic carbocycles. The Bertz CT molecular complexity index is 856. The van der Waals surface area contributed by atoms with Crippen molar-refractivity contribution >= 4 is 0 Å². The van der Waals surface area contributed by atoms with Gasteiger partial charge in [-0.15, -0.1) is 0 Å². The summed E-state index contributed by atoms with van der Waals surface area (Å²) in [5, 5.41) is 15.6. The number of hydrogen-bond donors (Lipinski definition) is 1. The zero-order valence-electron chi connectivity index (χ0n) is 17.7. The molecule has 0 amide bonds. The molecule has 1 atom stereocenters. The molecule has 156 valence electrons. The quantitative estimate of drug-likeness (QED) is 0.833. The lowest BCUT2D eigenvalue weighted by molar-refractivity contribution is -0.0559. The summed E-state index contributed by atoms with van der Waals surface area (Å²) in [7, 11) is 0. The van der Waals surface area contributed by atoms with E-state index in [0.717, 1.165) is 43.9 Å². The van der Waals surface area contributed by atoms with Crippen molar-refractivity contribution < 1.29 is 9.84 Å². The van der Waals surface area contributed by atoms with Gasteiger partial charge in [0.05, 0.1) is 12.2 Å². The van der Waals surface area contributed by atoms with Gasteiger partial charge in [0.15, 0.2) is 5.75 Å². The number of aromatic nitrogens is 2. The second-order valence-corrected chi connectivity index (χ2v) is 9.45. The third-order valence-electron chi connectivity index (χ3n) is 7.42. The Balaban J connectivity index is 1.27. The Labute approximate surface area is 173 Å². The summed E-state index contributed by atoms with van der Waals surface area (Å²) in [6.07, 6.45) is 9.07. The number of fused-ring (bicyclic) bond motifs is 1. The standard InChI is InChI=1S/C24H33N3O2/c1-17-6-5-7-18(2)20(17)15-26-12-10-24(11-13-26)14-21(28)23-22(29-24)16-27(25-23)19-8-3-4-9-19/h5-7,16,19,21,28H,3-4,8-15H2,1-2H3. The lowest BCUT2D eigenvalue weighted by Crippen LogP contribution is -2.50. The summed E-state index contributed by atoms with van der Waals surface area (Å²) in [6.45, 7) is 7.43. The van der Waals surface area contributed by atoms with E-state index in [4.69, 9.17) is 9.84 Å². The van der Waals surface area contributed by atoms with Crippen molar-refractivity contribution in [1.29, 1.82) is 0 Å². The van der Waals surface area contributed by atoms with Crippen LogP contribution in [-0.2, 0) is 6.54 Å². The fourth-order valence-corrected chi connectivity index (χ4v) is 5.52. The number of nitrogens with zero attached hydrogens (tertiary/aromatic N) is 3. The molecular weight excluding hydrogens is 362 g/mol. The number of piperidine rings is 1. The summed E-state index contributed by atoms with van der Waals surface area (Å²) in [4.78, 5) is 2.54. The second-order valence-electron chi connectivity index (χ2n) is 9.45. The highest BCUT2D eigenvalue weighted by Crippen LogP contribution is 2.45. The van der Waals surface area contributed by atoms with Gasteiger partial charge in [-0.05, 0) is 56.2 Å². The monoisotopic (exact) mass is 395 g/mol. The molecule has 2 aromatic rings. The van der Waals surface area contributed by atoms with Crippen LogP contribution in [0.1, 0.15) is 79.5 Å². The van der Waals surface area contributed by atoms with Crippen LogP contribution in [0.5, 0.6) is 5.75 Å². The van der Waals surface area contributed by atoms with Gasteiger partial charge in [-0.3, -0.25) is 9.58 Å². The molecule has 3 heterocycles. The lowest BCUT2D eigenvalue weighted by Gasteiger charge is -2.45. The molecular formula is C24H33N3O2. The number of rotatable bonds is 3. The van der Waals surface area contributed by atoms with Gasteiger partial charge < -0.3 is 9.84 Å². The molecule has 2 fully saturated rings. The van der Waals surface area contributed by atoms with Gasteiger partial charge in [0.1, 0.15) is 17.4 Å². The Morgan fingerprint density at radius 2 is 1.83 bits per heavy atom. The lowest BCUT2D eigenvalue weighted by atomic mass is 9.83. The minimum Gasteiger partial charge on any atom is -0.483 e. The van der Waals surface area contributed by atoms with Crippen LogP contribution in [0.15, 0.2) is 24.4 Å². The molecule has 1 aliphatic carbocycles. The summed E-state index contributed by atoms with van der Waals surface area (Å²) < 4.78 is 8.61. The molecule has 29 heavy (non-hydrogen) atoms. The molecule has 3 aliphatic rings. The van der Waals surface area contributed by atoms with Gasteiger partial charge in [-0.25, -0.2) is 0 Å². The van der Waals surface area contributed by atoms with Crippen LogP contribution >= 0.6 is 0 Å². The van der Waals surface area contributed by atoms with E-state index >= 15 is 0 Å². The van der Waals surface area contributed by atoms with Crippen LogP contribution in [0.2, 0.25) is 0 Å². The van der Waals surface area contributed by atoms with Crippen LogP contribution in [0.3, 0.4) is 0 Å². The molecule has 1 N–H and O–H groups in total. The number of ether oxygens (including phenoxy) is 1. The zero-order valence-corrected chi connectivity index (χ0v) is 17.7. The summed E-state index contributed by atoms with van der Waals surface area (Å²) in [5.41, 5.74) is 4.71. The summed E-state index contributed by atoms with van der Waals surface area (Å²) >= 11 is 0. The first kappa shape index (κ1) is 19.1. The van der Waals surface area contributed by atoms with Crippen LogP contribution in [0.25, 0.3) is 0 Å². The van der Waals surface area contributed by atoms with E-state index in [2.05, 4.69) is 47.8 Å². The van der Waals surface area contributed by atoms with Crippen molar-refractivity contribution in [2.45, 2.75) is 83.1 Å². The number of aliphatic hydroxyl groups excluding tert-OH is 1. The van der Waals surface area contributed by atoms with Crippen LogP contribution < -0.4 is 4.74 Å². The summed E-state index contributed by atoms with van der Waals surface area (Å²) in [5.74, 6) is 0.818. The minimum absolute atomic E-state index is 0.243. The molecule has 5 rings (SSSR count). The van der Waals surface area contributed by atoms with E-state index in [9.17, 15) is 5.11 Å². The first-order chi connectivity index (χ1) is 14.0. The topological polar surface area (TPSA) is 50.5 Å². The van der Waals surface area contributed by atoms with Crippen molar-refractivity contribution in [2.75, 3.05) is 13.1 Å². The van der Waals surface area contributed by atoms with Crippen molar-refractivity contribution in [3.8, 4) is 5.75 Å². The fourth-order valence-electron chi connectivity index (χ4n) is 5.52. The maximum absolute atomic E-state index is 10.8. The van der Waals surface area contributed by atoms with Gasteiger partial charge in [0.2, 0.25) is 0 Å².